The number of nitrogens with one attached hydrogen (secondary N) is 1. The van der Waals surface area contributed by atoms with Crippen LogP contribution in [-0.4, -0.2) is 37.9 Å². The van der Waals surface area contributed by atoms with Gasteiger partial charge < -0.3 is 9.15 Å². The van der Waals surface area contributed by atoms with Crippen LogP contribution in [0.15, 0.2) is 57.8 Å². The number of aromatic nitrogens is 2. The number of anilines is 1. The zero-order valence-corrected chi connectivity index (χ0v) is 16.2. The summed E-state index contributed by atoms with van der Waals surface area (Å²) in [6.07, 6.45) is 1.62. The Morgan fingerprint density at radius 1 is 1.04 bits per heavy atom. The molecule has 3 rings (SSSR count). The number of rotatable bonds is 7. The van der Waals surface area contributed by atoms with Crippen molar-refractivity contribution in [2.45, 2.75) is 17.7 Å². The summed E-state index contributed by atoms with van der Waals surface area (Å²) in [6, 6.07) is 13.6. The first-order valence-electron chi connectivity index (χ1n) is 8.37. The molecule has 0 unspecified atom stereocenters. The van der Waals surface area contributed by atoms with Gasteiger partial charge in [0.15, 0.2) is 9.84 Å². The lowest BCUT2D eigenvalue weighted by molar-refractivity contribution is -0.115. The summed E-state index contributed by atoms with van der Waals surface area (Å²) in [7, 11) is -1.67. The van der Waals surface area contributed by atoms with E-state index in [0.29, 0.717) is 17.9 Å². The van der Waals surface area contributed by atoms with Crippen molar-refractivity contribution in [3.8, 4) is 5.75 Å². The number of hydrogen-bond donors (Lipinski definition) is 1. The topological polar surface area (TPSA) is 111 Å². The van der Waals surface area contributed by atoms with Gasteiger partial charge in [-0.3, -0.25) is 10.1 Å². The first-order chi connectivity index (χ1) is 13.3. The van der Waals surface area contributed by atoms with Crippen LogP contribution in [0.5, 0.6) is 5.75 Å². The molecular formula is C19H19N3O5S. The van der Waals surface area contributed by atoms with Crippen LogP contribution >= 0.6 is 0 Å². The maximum Gasteiger partial charge on any atom is 0.322 e. The molecule has 1 aromatic heterocycles. The molecule has 8 nitrogen and oxygen atoms in total. The molecule has 146 valence electrons. The highest BCUT2D eigenvalue weighted by molar-refractivity contribution is 7.90. The normalized spacial score (nSPS) is 11.2. The molecule has 0 radical (unpaired) electrons. The summed E-state index contributed by atoms with van der Waals surface area (Å²) in [6.45, 7) is 0. The SMILES string of the molecule is COc1ccc(Cc2nnc(NC(=O)Cc3ccc(S(C)(=O)=O)cc3)o2)cc1. The van der Waals surface area contributed by atoms with Gasteiger partial charge in [0, 0.05) is 6.26 Å². The molecule has 0 aliphatic heterocycles. The number of methoxy groups -OCH3 is 1. The molecule has 3 aromatic rings. The Balaban J connectivity index is 1.57. The summed E-state index contributed by atoms with van der Waals surface area (Å²) in [4.78, 5) is 12.3. The van der Waals surface area contributed by atoms with Gasteiger partial charge in [-0.2, -0.15) is 0 Å². The van der Waals surface area contributed by atoms with Gasteiger partial charge in [-0.1, -0.05) is 29.4 Å². The molecule has 2 aromatic carbocycles. The Bertz CT molecular complexity index is 1060. The van der Waals surface area contributed by atoms with Crippen LogP contribution in [0.3, 0.4) is 0 Å². The highest BCUT2D eigenvalue weighted by Crippen LogP contribution is 2.16. The molecule has 0 saturated carbocycles. The second-order valence-corrected chi connectivity index (χ2v) is 8.18. The van der Waals surface area contributed by atoms with Gasteiger partial charge in [0.1, 0.15) is 5.75 Å². The Labute approximate surface area is 162 Å². The van der Waals surface area contributed by atoms with Gasteiger partial charge in [0.05, 0.1) is 24.8 Å². The van der Waals surface area contributed by atoms with Crippen LogP contribution in [0.4, 0.5) is 6.01 Å². The zero-order chi connectivity index (χ0) is 20.1. The van der Waals surface area contributed by atoms with Crippen LogP contribution in [0.2, 0.25) is 0 Å². The molecule has 0 saturated heterocycles. The van der Waals surface area contributed by atoms with Crippen LogP contribution in [0.25, 0.3) is 0 Å². The summed E-state index contributed by atoms with van der Waals surface area (Å²) < 4.78 is 33.5. The Morgan fingerprint density at radius 2 is 1.68 bits per heavy atom. The molecule has 28 heavy (non-hydrogen) atoms. The first kappa shape index (κ1) is 19.6. The highest BCUT2D eigenvalue weighted by atomic mass is 32.2. The van der Waals surface area contributed by atoms with E-state index >= 15 is 0 Å². The fourth-order valence-corrected chi connectivity index (χ4v) is 3.13. The van der Waals surface area contributed by atoms with E-state index in [4.69, 9.17) is 9.15 Å². The third kappa shape index (κ3) is 5.17. The van der Waals surface area contributed by atoms with Gasteiger partial charge in [0.2, 0.25) is 11.8 Å². The molecule has 0 spiro atoms. The maximum atomic E-state index is 12.1. The molecule has 0 fully saturated rings. The lowest BCUT2D eigenvalue weighted by atomic mass is 10.1. The number of carbonyl (C=O) groups excluding carboxylic acids is 1. The van der Waals surface area contributed by atoms with Gasteiger partial charge in [0.25, 0.3) is 0 Å². The monoisotopic (exact) mass is 401 g/mol. The van der Waals surface area contributed by atoms with E-state index in [1.807, 2.05) is 24.3 Å². The van der Waals surface area contributed by atoms with E-state index in [-0.39, 0.29) is 23.2 Å². The third-order valence-corrected chi connectivity index (χ3v) is 5.07. The first-order valence-corrected chi connectivity index (χ1v) is 10.3. The number of nitrogens with zero attached hydrogens (tertiary/aromatic N) is 2. The van der Waals surface area contributed by atoms with E-state index in [2.05, 4.69) is 15.5 Å². The second kappa shape index (κ2) is 8.22. The number of amides is 1. The van der Waals surface area contributed by atoms with E-state index < -0.39 is 9.84 Å². The van der Waals surface area contributed by atoms with Gasteiger partial charge in [-0.05, 0) is 35.4 Å². The van der Waals surface area contributed by atoms with Crippen molar-refractivity contribution in [3.05, 3.63) is 65.5 Å². The van der Waals surface area contributed by atoms with Crippen molar-refractivity contribution in [3.63, 3.8) is 0 Å². The second-order valence-electron chi connectivity index (χ2n) is 6.17. The number of ether oxygens (including phenoxy) is 1. The van der Waals surface area contributed by atoms with Crippen LogP contribution in [-0.2, 0) is 27.5 Å². The van der Waals surface area contributed by atoms with Gasteiger partial charge in [-0.25, -0.2) is 8.42 Å². The molecule has 1 N–H and O–H groups in total. The van der Waals surface area contributed by atoms with E-state index in [0.717, 1.165) is 17.6 Å². The van der Waals surface area contributed by atoms with E-state index in [9.17, 15) is 13.2 Å². The quantitative estimate of drug-likeness (QED) is 0.646. The number of hydrogen-bond acceptors (Lipinski definition) is 7. The maximum absolute atomic E-state index is 12.1. The largest absolute Gasteiger partial charge is 0.497 e. The molecule has 0 atom stereocenters. The minimum atomic E-state index is -3.26. The average molecular weight is 401 g/mol. The summed E-state index contributed by atoms with van der Waals surface area (Å²) in [5.74, 6) is 0.788. The van der Waals surface area contributed by atoms with Crippen LogP contribution in [0, 0.1) is 0 Å². The Kier molecular flexibility index (Phi) is 5.74. The average Bonchev–Trinajstić information content (AvgIpc) is 3.08. The summed E-state index contributed by atoms with van der Waals surface area (Å²) >= 11 is 0. The molecule has 0 aliphatic carbocycles. The predicted octanol–water partition coefficient (Wildman–Crippen LogP) is 2.25. The molecular weight excluding hydrogens is 382 g/mol. The fourth-order valence-electron chi connectivity index (χ4n) is 2.50. The summed E-state index contributed by atoms with van der Waals surface area (Å²) in [5.41, 5.74) is 1.64. The molecule has 1 heterocycles. The van der Waals surface area contributed by atoms with Gasteiger partial charge >= 0.3 is 6.01 Å². The van der Waals surface area contributed by atoms with Crippen LogP contribution in [0.1, 0.15) is 17.0 Å². The molecule has 1 amide bonds. The standard InChI is InChI=1S/C19H19N3O5S/c1-26-15-7-3-14(4-8-15)12-18-21-22-19(27-18)20-17(23)11-13-5-9-16(10-6-13)28(2,24)25/h3-10H,11-12H2,1-2H3,(H,20,22,23). The van der Waals surface area contributed by atoms with Gasteiger partial charge in [-0.15, -0.1) is 5.10 Å². The fraction of sp³-hybridized carbons (Fsp3) is 0.211. The van der Waals surface area contributed by atoms with Crippen molar-refractivity contribution in [1.82, 2.24) is 10.2 Å². The predicted molar refractivity (Wildman–Crippen MR) is 102 cm³/mol. The van der Waals surface area contributed by atoms with Crippen molar-refractivity contribution < 1.29 is 22.4 Å². The van der Waals surface area contributed by atoms with Crippen LogP contribution < -0.4 is 10.1 Å². The number of benzene rings is 2. The lowest BCUT2D eigenvalue weighted by Crippen LogP contribution is -2.14. The third-order valence-electron chi connectivity index (χ3n) is 3.94. The highest BCUT2D eigenvalue weighted by Gasteiger charge is 2.12. The molecule has 0 bridgehead atoms. The van der Waals surface area contributed by atoms with Crippen molar-refractivity contribution in [1.29, 1.82) is 0 Å². The number of sulfone groups is 1. The number of carbonyl (C=O) groups is 1. The minimum Gasteiger partial charge on any atom is -0.497 e. The lowest BCUT2D eigenvalue weighted by Gasteiger charge is -2.03. The van der Waals surface area contributed by atoms with Crippen molar-refractivity contribution in [2.24, 2.45) is 0 Å². The molecule has 0 aliphatic rings. The van der Waals surface area contributed by atoms with Crippen molar-refractivity contribution in [2.75, 3.05) is 18.7 Å². The zero-order valence-electron chi connectivity index (χ0n) is 15.4. The summed E-state index contributed by atoms with van der Waals surface area (Å²) in [5, 5.41) is 10.3. The smallest absolute Gasteiger partial charge is 0.322 e. The van der Waals surface area contributed by atoms with E-state index in [1.165, 1.54) is 12.1 Å². The Morgan fingerprint density at radius 3 is 2.29 bits per heavy atom. The van der Waals surface area contributed by atoms with Crippen molar-refractivity contribution >= 4 is 21.8 Å². The molecule has 9 heteroatoms. The minimum absolute atomic E-state index is 0.0151. The Hall–Kier alpha value is -3.20. The van der Waals surface area contributed by atoms with E-state index in [1.54, 1.807) is 19.2 Å².